The zero-order chi connectivity index (χ0) is 12.7. The number of nitrogens with one attached hydrogen (secondary N) is 1. The standard InChI is InChI=1S/C11H16BN3O3/c12-7-3-15(4-7)11(17)14-2-1-9-8(5-14)13-10(16)6-18-9/h7H,1-6,12H2,(H,13,16). The highest BCUT2D eigenvalue weighted by Crippen LogP contribution is 2.24. The van der Waals surface area contributed by atoms with Gasteiger partial charge in [0.05, 0.1) is 12.2 Å². The minimum absolute atomic E-state index is 0.0690. The second-order valence-electron chi connectivity index (χ2n) is 5.20. The van der Waals surface area contributed by atoms with Gasteiger partial charge in [0, 0.05) is 26.1 Å². The van der Waals surface area contributed by atoms with E-state index in [0.29, 0.717) is 25.3 Å². The van der Waals surface area contributed by atoms with Crippen LogP contribution >= 0.6 is 0 Å². The molecule has 0 unspecified atom stereocenters. The third kappa shape index (κ3) is 1.93. The lowest BCUT2D eigenvalue weighted by molar-refractivity contribution is -0.125. The van der Waals surface area contributed by atoms with E-state index in [4.69, 9.17) is 4.74 Å². The van der Waals surface area contributed by atoms with Gasteiger partial charge < -0.3 is 19.9 Å². The van der Waals surface area contributed by atoms with Crippen LogP contribution in [0.25, 0.3) is 0 Å². The van der Waals surface area contributed by atoms with Crippen molar-refractivity contribution in [1.29, 1.82) is 0 Å². The van der Waals surface area contributed by atoms with Gasteiger partial charge in [0.1, 0.15) is 13.6 Å². The highest BCUT2D eigenvalue weighted by atomic mass is 16.5. The Morgan fingerprint density at radius 2 is 2.17 bits per heavy atom. The van der Waals surface area contributed by atoms with Crippen molar-refractivity contribution in [3.63, 3.8) is 0 Å². The average molecular weight is 249 g/mol. The maximum absolute atomic E-state index is 12.2. The summed E-state index contributed by atoms with van der Waals surface area (Å²) < 4.78 is 5.36. The molecule has 6 nitrogen and oxygen atoms in total. The first-order valence-electron chi connectivity index (χ1n) is 6.32. The summed E-state index contributed by atoms with van der Waals surface area (Å²) >= 11 is 0. The van der Waals surface area contributed by atoms with Gasteiger partial charge in [0.15, 0.2) is 6.61 Å². The second kappa shape index (κ2) is 4.22. The molecule has 1 saturated heterocycles. The van der Waals surface area contributed by atoms with E-state index < -0.39 is 0 Å². The number of carbonyl (C=O) groups excluding carboxylic acids is 2. The number of nitrogens with zero attached hydrogens (tertiary/aromatic N) is 2. The maximum Gasteiger partial charge on any atom is 0.320 e. The summed E-state index contributed by atoms with van der Waals surface area (Å²) in [6.45, 7) is 2.88. The monoisotopic (exact) mass is 249 g/mol. The van der Waals surface area contributed by atoms with Gasteiger partial charge in [0.25, 0.3) is 5.91 Å². The molecular weight excluding hydrogens is 233 g/mol. The van der Waals surface area contributed by atoms with Crippen LogP contribution in [-0.2, 0) is 9.53 Å². The first-order chi connectivity index (χ1) is 8.63. The topological polar surface area (TPSA) is 61.9 Å². The van der Waals surface area contributed by atoms with Crippen molar-refractivity contribution >= 4 is 19.8 Å². The predicted molar refractivity (Wildman–Crippen MR) is 66.6 cm³/mol. The molecule has 0 aliphatic carbocycles. The second-order valence-corrected chi connectivity index (χ2v) is 5.20. The highest BCUT2D eigenvalue weighted by molar-refractivity contribution is 6.13. The third-order valence-electron chi connectivity index (χ3n) is 3.57. The third-order valence-corrected chi connectivity index (χ3v) is 3.57. The number of urea groups is 1. The van der Waals surface area contributed by atoms with Gasteiger partial charge >= 0.3 is 6.03 Å². The molecule has 3 amide bonds. The van der Waals surface area contributed by atoms with E-state index in [1.807, 2.05) is 4.90 Å². The molecule has 0 aromatic heterocycles. The Bertz CT molecular complexity index is 431. The van der Waals surface area contributed by atoms with E-state index in [0.717, 1.165) is 24.5 Å². The number of ether oxygens (including phenoxy) is 1. The number of hydrogen-bond donors (Lipinski definition) is 1. The Hall–Kier alpha value is -1.66. The summed E-state index contributed by atoms with van der Waals surface area (Å²) in [7, 11) is 2.13. The molecule has 0 aromatic carbocycles. The summed E-state index contributed by atoms with van der Waals surface area (Å²) in [4.78, 5) is 27.0. The van der Waals surface area contributed by atoms with E-state index >= 15 is 0 Å². The molecule has 0 atom stereocenters. The molecule has 1 N–H and O–H groups in total. The number of amides is 3. The molecule has 1 fully saturated rings. The summed E-state index contributed by atoms with van der Waals surface area (Å²) in [6.07, 6.45) is 0.685. The minimum atomic E-state index is -0.138. The number of rotatable bonds is 0. The number of likely N-dealkylation sites (tertiary alicyclic amines) is 1. The molecule has 0 spiro atoms. The lowest BCUT2D eigenvalue weighted by Crippen LogP contribution is -2.55. The molecule has 3 aliphatic heterocycles. The summed E-state index contributed by atoms with van der Waals surface area (Å²) in [5, 5.41) is 2.79. The lowest BCUT2D eigenvalue weighted by Gasteiger charge is -2.42. The zero-order valence-electron chi connectivity index (χ0n) is 10.4. The van der Waals surface area contributed by atoms with Crippen LogP contribution in [0.5, 0.6) is 0 Å². The quantitative estimate of drug-likeness (QED) is 0.555. The molecule has 3 heterocycles. The Labute approximate surface area is 106 Å². The van der Waals surface area contributed by atoms with Crippen LogP contribution in [0.1, 0.15) is 6.42 Å². The van der Waals surface area contributed by atoms with E-state index in [9.17, 15) is 9.59 Å². The van der Waals surface area contributed by atoms with Gasteiger partial charge in [0.2, 0.25) is 0 Å². The van der Waals surface area contributed by atoms with Gasteiger partial charge in [-0.15, -0.1) is 0 Å². The van der Waals surface area contributed by atoms with Gasteiger partial charge in [-0.05, 0) is 5.82 Å². The molecule has 0 saturated carbocycles. The molecular formula is C11H16BN3O3. The fraction of sp³-hybridized carbons (Fsp3) is 0.636. The smallest absolute Gasteiger partial charge is 0.320 e. The molecule has 96 valence electrons. The minimum Gasteiger partial charge on any atom is -0.486 e. The fourth-order valence-corrected chi connectivity index (χ4v) is 2.59. The Kier molecular flexibility index (Phi) is 2.68. The van der Waals surface area contributed by atoms with E-state index in [-0.39, 0.29) is 18.5 Å². The van der Waals surface area contributed by atoms with Gasteiger partial charge in [-0.3, -0.25) is 4.79 Å². The van der Waals surface area contributed by atoms with Crippen molar-refractivity contribution in [2.24, 2.45) is 0 Å². The first kappa shape index (κ1) is 11.4. The predicted octanol–water partition coefficient (Wildman–Crippen LogP) is -1.09. The van der Waals surface area contributed by atoms with Crippen LogP contribution < -0.4 is 5.32 Å². The Balaban J connectivity index is 1.65. The molecule has 18 heavy (non-hydrogen) atoms. The maximum atomic E-state index is 12.2. The molecule has 3 rings (SSSR count). The Morgan fingerprint density at radius 1 is 1.39 bits per heavy atom. The highest BCUT2D eigenvalue weighted by Gasteiger charge is 2.34. The van der Waals surface area contributed by atoms with Crippen molar-refractivity contribution < 1.29 is 14.3 Å². The van der Waals surface area contributed by atoms with E-state index in [1.165, 1.54) is 0 Å². The van der Waals surface area contributed by atoms with Crippen molar-refractivity contribution in [3.05, 3.63) is 11.5 Å². The van der Waals surface area contributed by atoms with Gasteiger partial charge in [-0.25, -0.2) is 4.79 Å². The van der Waals surface area contributed by atoms with Crippen LogP contribution in [0.15, 0.2) is 11.5 Å². The number of hydrogen-bond acceptors (Lipinski definition) is 3. The molecule has 0 bridgehead atoms. The summed E-state index contributed by atoms with van der Waals surface area (Å²) in [5.74, 6) is 1.29. The van der Waals surface area contributed by atoms with Crippen molar-refractivity contribution in [2.75, 3.05) is 32.8 Å². The number of carbonyl (C=O) groups is 2. The van der Waals surface area contributed by atoms with Crippen LogP contribution in [0.3, 0.4) is 0 Å². The molecule has 0 aromatic rings. The summed E-state index contributed by atoms with van der Waals surface area (Å²) in [5.41, 5.74) is 0.749. The zero-order valence-corrected chi connectivity index (χ0v) is 10.4. The van der Waals surface area contributed by atoms with Gasteiger partial charge in [-0.2, -0.15) is 0 Å². The molecule has 0 radical (unpaired) electrons. The average Bonchev–Trinajstić information content (AvgIpc) is 2.33. The van der Waals surface area contributed by atoms with Crippen LogP contribution in [0.4, 0.5) is 4.79 Å². The largest absolute Gasteiger partial charge is 0.486 e. The van der Waals surface area contributed by atoms with Crippen LogP contribution in [0.2, 0.25) is 5.82 Å². The van der Waals surface area contributed by atoms with E-state index in [2.05, 4.69) is 13.2 Å². The Morgan fingerprint density at radius 3 is 2.89 bits per heavy atom. The van der Waals surface area contributed by atoms with Crippen molar-refractivity contribution in [2.45, 2.75) is 12.2 Å². The van der Waals surface area contributed by atoms with E-state index in [1.54, 1.807) is 4.90 Å². The normalized spacial score (nSPS) is 24.1. The lowest BCUT2D eigenvalue weighted by atomic mass is 9.81. The van der Waals surface area contributed by atoms with Crippen molar-refractivity contribution in [3.8, 4) is 0 Å². The van der Waals surface area contributed by atoms with Crippen LogP contribution in [0, 0.1) is 0 Å². The SMILES string of the molecule is BC1CN(C(=O)N2CCC3=C(C2)NC(=O)CO3)C1. The first-order valence-corrected chi connectivity index (χ1v) is 6.32. The molecule has 3 aliphatic rings. The fourth-order valence-electron chi connectivity index (χ4n) is 2.59. The van der Waals surface area contributed by atoms with Gasteiger partial charge in [-0.1, -0.05) is 0 Å². The van der Waals surface area contributed by atoms with Crippen LogP contribution in [-0.4, -0.2) is 62.4 Å². The van der Waals surface area contributed by atoms with Crippen molar-refractivity contribution in [1.82, 2.24) is 15.1 Å². The molecule has 7 heteroatoms. The summed E-state index contributed by atoms with van der Waals surface area (Å²) in [6, 6.07) is 0.0690.